The highest BCUT2D eigenvalue weighted by Crippen LogP contribution is 2.27. The van der Waals surface area contributed by atoms with Crippen molar-refractivity contribution < 1.29 is 69.4 Å². The number of carboxylic acid groups (broad SMARTS) is 2. The molecular formula is C19H36N2O14. The van der Waals surface area contributed by atoms with Crippen molar-refractivity contribution in [1.82, 2.24) is 0 Å². The summed E-state index contributed by atoms with van der Waals surface area (Å²) >= 11 is 0. The van der Waals surface area contributed by atoms with Gasteiger partial charge in [0.25, 0.3) is 0 Å². The van der Waals surface area contributed by atoms with Gasteiger partial charge in [0.2, 0.25) is 6.23 Å². The molecule has 2 rings (SSSR count). The van der Waals surface area contributed by atoms with E-state index in [1.54, 1.807) is 6.92 Å². The number of rotatable bonds is 9. The molecule has 2 heterocycles. The molecule has 0 radical (unpaired) electrons. The van der Waals surface area contributed by atoms with E-state index in [9.17, 15) is 30.0 Å². The third-order valence-electron chi connectivity index (χ3n) is 5.66. The van der Waals surface area contributed by atoms with Gasteiger partial charge in [0.05, 0.1) is 32.0 Å². The van der Waals surface area contributed by atoms with Crippen LogP contribution in [0, 0.1) is 11.8 Å². The minimum Gasteiger partial charge on any atom is -0.480 e. The van der Waals surface area contributed by atoms with E-state index in [0.717, 1.165) is 0 Å². The number of carboxylic acids is 2. The molecule has 12 atom stereocenters. The second kappa shape index (κ2) is 14.3. The van der Waals surface area contributed by atoms with Gasteiger partial charge in [0, 0.05) is 11.8 Å². The molecule has 0 saturated carbocycles. The van der Waals surface area contributed by atoms with Gasteiger partial charge in [0.1, 0.15) is 30.5 Å². The van der Waals surface area contributed by atoms with E-state index in [4.69, 9.17) is 50.8 Å². The summed E-state index contributed by atoms with van der Waals surface area (Å²) in [6.45, 7) is 1.81. The number of nitrogens with two attached hydrogens (primary N) is 2. The normalized spacial score (nSPS) is 39.1. The molecule has 12 N–H and O–H groups in total. The summed E-state index contributed by atoms with van der Waals surface area (Å²) in [7, 11) is 0. The van der Waals surface area contributed by atoms with Crippen LogP contribution < -0.4 is 11.5 Å². The standard InChI is InChI=1S/C10H19NO7.C9H17NO7/c1-4-7(13)8(14)6(2-12)18-10(4)17-3-5(11)9(15)16;1-3-5(12)6(13)4(2-11)16-9(3)17-7(10)8(14)15/h4-8,10,12-14H,2-3,11H2,1H3,(H,15,16);3-7,9,11-13H,2,10H2,1H3,(H,14,15)/t4?,5-,6?,7?,8?,10?;3?,4?,5?,6?,7-,9?/m00/s1. The van der Waals surface area contributed by atoms with Gasteiger partial charge in [-0.2, -0.15) is 0 Å². The number of hydrogen-bond donors (Lipinski definition) is 10. The molecule has 10 unspecified atom stereocenters. The summed E-state index contributed by atoms with van der Waals surface area (Å²) in [6, 6.07) is -1.20. The minimum absolute atomic E-state index is 0.286. The number of aliphatic hydroxyl groups is 6. The van der Waals surface area contributed by atoms with E-state index in [1.807, 2.05) is 0 Å². The molecule has 2 saturated heterocycles. The van der Waals surface area contributed by atoms with Crippen molar-refractivity contribution >= 4 is 11.9 Å². The van der Waals surface area contributed by atoms with Crippen molar-refractivity contribution in [3.05, 3.63) is 0 Å². The lowest BCUT2D eigenvalue weighted by Crippen LogP contribution is -2.57. The minimum atomic E-state index is -1.59. The fourth-order valence-electron chi connectivity index (χ4n) is 3.26. The van der Waals surface area contributed by atoms with Crippen molar-refractivity contribution in [2.75, 3.05) is 19.8 Å². The highest BCUT2D eigenvalue weighted by atomic mass is 16.7. The van der Waals surface area contributed by atoms with Crippen molar-refractivity contribution in [2.45, 2.75) is 75.3 Å². The van der Waals surface area contributed by atoms with Crippen LogP contribution in [0.1, 0.15) is 13.8 Å². The van der Waals surface area contributed by atoms with Gasteiger partial charge in [-0.15, -0.1) is 0 Å². The molecule has 35 heavy (non-hydrogen) atoms. The van der Waals surface area contributed by atoms with E-state index >= 15 is 0 Å². The maximum atomic E-state index is 10.5. The summed E-state index contributed by atoms with van der Waals surface area (Å²) < 4.78 is 20.4. The molecule has 2 fully saturated rings. The molecule has 0 amide bonds. The van der Waals surface area contributed by atoms with Gasteiger partial charge in [-0.3, -0.25) is 10.5 Å². The summed E-state index contributed by atoms with van der Waals surface area (Å²) in [6.07, 6.45) is -10.4. The van der Waals surface area contributed by atoms with Gasteiger partial charge in [0.15, 0.2) is 12.6 Å². The Labute approximate surface area is 200 Å². The van der Waals surface area contributed by atoms with Crippen molar-refractivity contribution in [3.63, 3.8) is 0 Å². The molecule has 2 aliphatic heterocycles. The van der Waals surface area contributed by atoms with Crippen LogP contribution in [-0.2, 0) is 28.5 Å². The van der Waals surface area contributed by atoms with Crippen molar-refractivity contribution in [1.29, 1.82) is 0 Å². The third kappa shape index (κ3) is 8.52. The number of ether oxygens (including phenoxy) is 4. The summed E-state index contributed by atoms with van der Waals surface area (Å²) in [5.41, 5.74) is 10.4. The Kier molecular flexibility index (Phi) is 12.8. The average molecular weight is 516 g/mol. The van der Waals surface area contributed by atoms with Gasteiger partial charge in [-0.05, 0) is 0 Å². The third-order valence-corrected chi connectivity index (χ3v) is 5.66. The average Bonchev–Trinajstić information content (AvgIpc) is 2.82. The first-order valence-electron chi connectivity index (χ1n) is 10.7. The molecule has 0 aromatic rings. The fraction of sp³-hybridized carbons (Fsp3) is 0.895. The van der Waals surface area contributed by atoms with Crippen LogP contribution in [0.2, 0.25) is 0 Å². The van der Waals surface area contributed by atoms with Gasteiger partial charge in [-0.1, -0.05) is 13.8 Å². The smallest absolute Gasteiger partial charge is 0.347 e. The second-order valence-electron chi connectivity index (χ2n) is 8.30. The molecule has 0 aromatic carbocycles. The molecule has 0 aromatic heterocycles. The number of aliphatic hydroxyl groups excluding tert-OH is 6. The lowest BCUT2D eigenvalue weighted by atomic mass is 9.92. The van der Waals surface area contributed by atoms with E-state index in [1.165, 1.54) is 6.92 Å². The quantitative estimate of drug-likeness (QED) is 0.128. The molecule has 0 spiro atoms. The first-order chi connectivity index (χ1) is 16.3. The summed E-state index contributed by atoms with van der Waals surface area (Å²) in [5, 5.41) is 73.6. The molecule has 2 aliphatic rings. The predicted octanol–water partition coefficient (Wildman–Crippen LogP) is -5.06. The molecular weight excluding hydrogens is 480 g/mol. The molecule has 0 aliphatic carbocycles. The number of aliphatic carboxylic acids is 2. The predicted molar refractivity (Wildman–Crippen MR) is 112 cm³/mol. The molecule has 0 bridgehead atoms. The monoisotopic (exact) mass is 516 g/mol. The van der Waals surface area contributed by atoms with E-state index in [2.05, 4.69) is 0 Å². The van der Waals surface area contributed by atoms with Crippen LogP contribution in [0.15, 0.2) is 0 Å². The van der Waals surface area contributed by atoms with E-state index in [0.29, 0.717) is 0 Å². The number of hydrogen-bond acceptors (Lipinski definition) is 14. The second-order valence-corrected chi connectivity index (χ2v) is 8.30. The Morgan fingerprint density at radius 3 is 1.63 bits per heavy atom. The Balaban J connectivity index is 0.000000351. The summed E-state index contributed by atoms with van der Waals surface area (Å²) in [4.78, 5) is 21.0. The Hall–Kier alpha value is -1.54. The zero-order chi connectivity index (χ0) is 27.0. The van der Waals surface area contributed by atoms with Crippen LogP contribution in [0.5, 0.6) is 0 Å². The van der Waals surface area contributed by atoms with Crippen LogP contribution in [0.4, 0.5) is 0 Å². The Bertz CT molecular complexity index is 667. The largest absolute Gasteiger partial charge is 0.480 e. The SMILES string of the molecule is CC1C(OC[C@H](N)C(=O)O)OC(CO)C(O)C1O.CC1C(O[C@H](N)C(=O)O)OC(CO)C(O)C1O. The van der Waals surface area contributed by atoms with Crippen molar-refractivity contribution in [2.24, 2.45) is 23.3 Å². The lowest BCUT2D eigenvalue weighted by Gasteiger charge is -2.41. The first-order valence-corrected chi connectivity index (χ1v) is 10.7. The maximum Gasteiger partial charge on any atom is 0.347 e. The van der Waals surface area contributed by atoms with E-state index in [-0.39, 0.29) is 6.61 Å². The Morgan fingerprint density at radius 1 is 0.800 bits per heavy atom. The zero-order valence-electron chi connectivity index (χ0n) is 19.2. The lowest BCUT2D eigenvalue weighted by molar-refractivity contribution is -0.292. The van der Waals surface area contributed by atoms with E-state index < -0.39 is 98.5 Å². The van der Waals surface area contributed by atoms with Crippen LogP contribution in [0.3, 0.4) is 0 Å². The maximum absolute atomic E-state index is 10.5. The molecule has 16 heteroatoms. The zero-order valence-corrected chi connectivity index (χ0v) is 19.2. The Morgan fingerprint density at radius 2 is 1.23 bits per heavy atom. The fourth-order valence-corrected chi connectivity index (χ4v) is 3.26. The van der Waals surface area contributed by atoms with Crippen LogP contribution in [0.25, 0.3) is 0 Å². The highest BCUT2D eigenvalue weighted by Gasteiger charge is 2.44. The number of carbonyl (C=O) groups is 2. The topological polar surface area (TPSA) is 285 Å². The van der Waals surface area contributed by atoms with Crippen molar-refractivity contribution in [3.8, 4) is 0 Å². The highest BCUT2D eigenvalue weighted by molar-refractivity contribution is 5.73. The van der Waals surface area contributed by atoms with Gasteiger partial charge < -0.3 is 65.5 Å². The van der Waals surface area contributed by atoms with Gasteiger partial charge in [-0.25, -0.2) is 4.79 Å². The molecule has 206 valence electrons. The molecule has 16 nitrogen and oxygen atoms in total. The van der Waals surface area contributed by atoms with Gasteiger partial charge >= 0.3 is 11.9 Å². The van der Waals surface area contributed by atoms with Crippen LogP contribution in [-0.4, -0.2) is 134 Å². The first kappa shape index (κ1) is 31.5. The van der Waals surface area contributed by atoms with Crippen LogP contribution >= 0.6 is 0 Å². The summed E-state index contributed by atoms with van der Waals surface area (Å²) in [5.74, 6) is -3.82.